The Morgan fingerprint density at radius 1 is 1.16 bits per heavy atom. The lowest BCUT2D eigenvalue weighted by Crippen LogP contribution is -2.55. The Morgan fingerprint density at radius 2 is 1.92 bits per heavy atom. The van der Waals surface area contributed by atoms with Crippen molar-refractivity contribution in [3.05, 3.63) is 35.4 Å². The van der Waals surface area contributed by atoms with E-state index in [4.69, 9.17) is 4.74 Å². The SMILES string of the molecule is C[C@@H]1CN(C2CCN(C(=O)[C@H]3Cc4ccccc4CN3)CC2)CCO1. The van der Waals surface area contributed by atoms with E-state index in [1.54, 1.807) is 0 Å². The van der Waals surface area contributed by atoms with E-state index in [2.05, 4.69) is 46.3 Å². The summed E-state index contributed by atoms with van der Waals surface area (Å²) in [6.45, 7) is 7.62. The molecule has 0 aliphatic carbocycles. The molecule has 2 atom stereocenters. The number of benzene rings is 1. The van der Waals surface area contributed by atoms with Crippen molar-refractivity contribution in [2.24, 2.45) is 0 Å². The molecule has 5 heteroatoms. The summed E-state index contributed by atoms with van der Waals surface area (Å²) in [6, 6.07) is 8.99. The van der Waals surface area contributed by atoms with Gasteiger partial charge in [-0.15, -0.1) is 0 Å². The Bertz CT molecular complexity index is 613. The van der Waals surface area contributed by atoms with Gasteiger partial charge in [0.1, 0.15) is 0 Å². The summed E-state index contributed by atoms with van der Waals surface area (Å²) >= 11 is 0. The number of fused-ring (bicyclic) bond motifs is 1. The van der Waals surface area contributed by atoms with Crippen LogP contribution in [0.3, 0.4) is 0 Å². The number of likely N-dealkylation sites (tertiary alicyclic amines) is 1. The van der Waals surface area contributed by atoms with Crippen LogP contribution >= 0.6 is 0 Å². The summed E-state index contributed by atoms with van der Waals surface area (Å²) in [5.74, 6) is 0.281. The molecule has 0 aromatic heterocycles. The molecule has 0 bridgehead atoms. The van der Waals surface area contributed by atoms with Gasteiger partial charge in [-0.05, 0) is 37.3 Å². The highest BCUT2D eigenvalue weighted by atomic mass is 16.5. The average molecular weight is 343 g/mol. The monoisotopic (exact) mass is 343 g/mol. The van der Waals surface area contributed by atoms with Crippen molar-refractivity contribution in [1.82, 2.24) is 15.1 Å². The fraction of sp³-hybridized carbons (Fsp3) is 0.650. The third kappa shape index (κ3) is 3.73. The van der Waals surface area contributed by atoms with Gasteiger partial charge in [0.25, 0.3) is 0 Å². The van der Waals surface area contributed by atoms with Gasteiger partial charge in [-0.1, -0.05) is 24.3 Å². The first-order chi connectivity index (χ1) is 12.2. The van der Waals surface area contributed by atoms with Crippen LogP contribution in [0.4, 0.5) is 0 Å². The summed E-state index contributed by atoms with van der Waals surface area (Å²) in [5, 5.41) is 3.43. The fourth-order valence-electron chi connectivity index (χ4n) is 4.48. The van der Waals surface area contributed by atoms with E-state index in [1.807, 2.05) is 0 Å². The van der Waals surface area contributed by atoms with Crippen LogP contribution in [0.25, 0.3) is 0 Å². The van der Waals surface area contributed by atoms with Crippen LogP contribution in [-0.2, 0) is 22.5 Å². The Morgan fingerprint density at radius 3 is 2.68 bits per heavy atom. The van der Waals surface area contributed by atoms with Crippen LogP contribution in [0.5, 0.6) is 0 Å². The number of hydrogen-bond donors (Lipinski definition) is 1. The quantitative estimate of drug-likeness (QED) is 0.882. The maximum atomic E-state index is 12.9. The molecular weight excluding hydrogens is 314 g/mol. The third-order valence-electron chi connectivity index (χ3n) is 5.94. The molecule has 3 aliphatic rings. The maximum Gasteiger partial charge on any atom is 0.240 e. The molecule has 0 saturated carbocycles. The van der Waals surface area contributed by atoms with E-state index >= 15 is 0 Å². The predicted octanol–water partition coefficient (Wildman–Crippen LogP) is 1.41. The van der Waals surface area contributed by atoms with Crippen molar-refractivity contribution in [3.63, 3.8) is 0 Å². The second-order valence-corrected chi connectivity index (χ2v) is 7.64. The first kappa shape index (κ1) is 17.0. The molecule has 1 amide bonds. The molecule has 1 aromatic carbocycles. The number of ether oxygens (including phenoxy) is 1. The Kier molecular flexibility index (Phi) is 5.06. The van der Waals surface area contributed by atoms with Gasteiger partial charge in [-0.25, -0.2) is 0 Å². The molecule has 136 valence electrons. The van der Waals surface area contributed by atoms with Gasteiger partial charge < -0.3 is 15.0 Å². The number of morpholine rings is 1. The molecule has 1 aromatic rings. The van der Waals surface area contributed by atoms with Gasteiger partial charge in [0.15, 0.2) is 0 Å². The van der Waals surface area contributed by atoms with Gasteiger partial charge in [0.2, 0.25) is 5.91 Å². The molecule has 0 radical (unpaired) electrons. The zero-order valence-electron chi connectivity index (χ0n) is 15.1. The first-order valence-electron chi connectivity index (χ1n) is 9.65. The minimum absolute atomic E-state index is 0.0603. The maximum absolute atomic E-state index is 12.9. The number of carbonyl (C=O) groups excluding carboxylic acids is 1. The smallest absolute Gasteiger partial charge is 0.240 e. The molecule has 25 heavy (non-hydrogen) atoms. The number of hydrogen-bond acceptors (Lipinski definition) is 4. The minimum Gasteiger partial charge on any atom is -0.376 e. The molecule has 2 saturated heterocycles. The second kappa shape index (κ2) is 7.44. The highest BCUT2D eigenvalue weighted by Gasteiger charge is 2.33. The van der Waals surface area contributed by atoms with E-state index < -0.39 is 0 Å². The van der Waals surface area contributed by atoms with Gasteiger partial charge in [-0.3, -0.25) is 9.69 Å². The molecule has 3 aliphatic heterocycles. The number of nitrogens with zero attached hydrogens (tertiary/aromatic N) is 2. The van der Waals surface area contributed by atoms with Crippen molar-refractivity contribution >= 4 is 5.91 Å². The Balaban J connectivity index is 1.31. The standard InChI is InChI=1S/C20H29N3O2/c1-15-14-23(10-11-25-15)18-6-8-22(9-7-18)20(24)19-12-16-4-2-3-5-17(16)13-21-19/h2-5,15,18-19,21H,6-14H2,1H3/t15-,19-/m1/s1. The van der Waals surface area contributed by atoms with Gasteiger partial charge in [-0.2, -0.15) is 0 Å². The van der Waals surface area contributed by atoms with E-state index in [0.29, 0.717) is 12.1 Å². The van der Waals surface area contributed by atoms with Crippen molar-refractivity contribution in [3.8, 4) is 0 Å². The second-order valence-electron chi connectivity index (χ2n) is 7.64. The topological polar surface area (TPSA) is 44.8 Å². The lowest BCUT2D eigenvalue weighted by molar-refractivity contribution is -0.135. The van der Waals surface area contributed by atoms with Crippen LogP contribution in [-0.4, -0.2) is 66.7 Å². The fourth-order valence-corrected chi connectivity index (χ4v) is 4.48. The number of nitrogens with one attached hydrogen (secondary N) is 1. The van der Waals surface area contributed by atoms with Gasteiger partial charge in [0.05, 0.1) is 18.8 Å². The molecule has 0 spiro atoms. The van der Waals surface area contributed by atoms with Crippen LogP contribution in [0.2, 0.25) is 0 Å². The molecule has 2 fully saturated rings. The first-order valence-corrected chi connectivity index (χ1v) is 9.65. The van der Waals surface area contributed by atoms with Gasteiger partial charge in [0, 0.05) is 38.8 Å². The lowest BCUT2D eigenvalue weighted by Gasteiger charge is -2.42. The third-order valence-corrected chi connectivity index (χ3v) is 5.94. The number of piperidine rings is 1. The molecule has 1 N–H and O–H groups in total. The van der Waals surface area contributed by atoms with E-state index in [9.17, 15) is 4.79 Å². The summed E-state index contributed by atoms with van der Waals surface area (Å²) < 4.78 is 5.65. The lowest BCUT2D eigenvalue weighted by atomic mass is 9.94. The molecule has 0 unspecified atom stereocenters. The highest BCUT2D eigenvalue weighted by molar-refractivity contribution is 5.82. The largest absolute Gasteiger partial charge is 0.376 e. The normalized spacial score (nSPS) is 28.6. The van der Waals surface area contributed by atoms with Crippen LogP contribution in [0.1, 0.15) is 30.9 Å². The molecule has 4 rings (SSSR count). The van der Waals surface area contributed by atoms with Crippen LogP contribution < -0.4 is 5.32 Å². The predicted molar refractivity (Wildman–Crippen MR) is 97.4 cm³/mol. The Hall–Kier alpha value is -1.43. The summed E-state index contributed by atoms with van der Waals surface area (Å²) in [5.41, 5.74) is 2.64. The average Bonchev–Trinajstić information content (AvgIpc) is 2.67. The number of carbonyl (C=O) groups is 1. The van der Waals surface area contributed by atoms with Crippen molar-refractivity contribution in [2.75, 3.05) is 32.8 Å². The summed E-state index contributed by atoms with van der Waals surface area (Å²) in [6.07, 6.45) is 3.32. The summed E-state index contributed by atoms with van der Waals surface area (Å²) in [7, 11) is 0. The number of rotatable bonds is 2. The van der Waals surface area contributed by atoms with Crippen molar-refractivity contribution in [2.45, 2.75) is 50.9 Å². The van der Waals surface area contributed by atoms with Crippen molar-refractivity contribution < 1.29 is 9.53 Å². The minimum atomic E-state index is -0.0603. The summed E-state index contributed by atoms with van der Waals surface area (Å²) in [4.78, 5) is 17.6. The van der Waals surface area contributed by atoms with Crippen molar-refractivity contribution in [1.29, 1.82) is 0 Å². The van der Waals surface area contributed by atoms with Crippen LogP contribution in [0.15, 0.2) is 24.3 Å². The van der Waals surface area contributed by atoms with E-state index in [0.717, 1.165) is 58.6 Å². The zero-order valence-corrected chi connectivity index (χ0v) is 15.1. The van der Waals surface area contributed by atoms with E-state index in [1.165, 1.54) is 11.1 Å². The zero-order chi connectivity index (χ0) is 17.2. The molecule has 5 nitrogen and oxygen atoms in total. The number of amides is 1. The van der Waals surface area contributed by atoms with Gasteiger partial charge >= 0.3 is 0 Å². The van der Waals surface area contributed by atoms with E-state index in [-0.39, 0.29) is 11.9 Å². The Labute approximate surface area is 150 Å². The van der Waals surface area contributed by atoms with Crippen LogP contribution in [0, 0.1) is 0 Å². The molecule has 3 heterocycles. The highest BCUT2D eigenvalue weighted by Crippen LogP contribution is 2.22. The molecular formula is C20H29N3O2.